The molecule has 0 N–H and O–H groups in total. The van der Waals surface area contributed by atoms with Crippen LogP contribution in [0.25, 0.3) is 0 Å². The highest BCUT2D eigenvalue weighted by Crippen LogP contribution is 2.09. The predicted molar refractivity (Wildman–Crippen MR) is 30.2 cm³/mol. The molecule has 0 bridgehead atoms. The summed E-state index contributed by atoms with van der Waals surface area (Å²) in [7, 11) is 1.53. The molecule has 1 fully saturated rings. The summed E-state index contributed by atoms with van der Waals surface area (Å²) in [5, 5.41) is 0. The molecule has 0 atom stereocenters. The molecule has 1 aliphatic rings. The average Bonchev–Trinajstić information content (AvgIpc) is 1.83. The van der Waals surface area contributed by atoms with Gasteiger partial charge in [-0.1, -0.05) is 5.79 Å². The maximum atomic E-state index is 10.5. The highest BCUT2D eigenvalue weighted by atomic mass is 27.2. The van der Waals surface area contributed by atoms with Gasteiger partial charge in [-0.25, -0.2) is 0 Å². The Labute approximate surface area is 51.7 Å². The summed E-state index contributed by atoms with van der Waals surface area (Å²) >= 11 is -1.57. The molecular formula is C4H6AlNO2. The minimum Gasteiger partial charge on any atom is -0.317 e. The first-order chi connectivity index (χ1) is 3.64. The minimum absolute atomic E-state index is 0.0648. The van der Waals surface area contributed by atoms with Gasteiger partial charge >= 0.3 is 14.1 Å². The number of carbonyl (C=O) groups is 2. The molecule has 0 aromatic carbocycles. The van der Waals surface area contributed by atoms with Crippen molar-refractivity contribution >= 4 is 23.7 Å². The van der Waals surface area contributed by atoms with Gasteiger partial charge in [0.25, 0.3) is 0 Å². The van der Waals surface area contributed by atoms with Gasteiger partial charge in [-0.05, 0) is 0 Å². The zero-order chi connectivity index (χ0) is 6.31. The summed E-state index contributed by atoms with van der Waals surface area (Å²) in [6.07, 6.45) is 0. The lowest BCUT2D eigenvalue weighted by Crippen LogP contribution is -2.59. The monoisotopic (exact) mass is 127 g/mol. The van der Waals surface area contributed by atoms with E-state index in [1.165, 1.54) is 11.9 Å². The molecule has 0 spiro atoms. The van der Waals surface area contributed by atoms with Gasteiger partial charge in [-0.15, -0.1) is 0 Å². The van der Waals surface area contributed by atoms with Gasteiger partial charge in [0.15, 0.2) is 0 Å². The predicted octanol–water partition coefficient (Wildman–Crippen LogP) is 0.460. The average molecular weight is 127 g/mol. The van der Waals surface area contributed by atoms with E-state index in [-0.39, 0.29) is 9.54 Å². The van der Waals surface area contributed by atoms with Crippen LogP contribution < -0.4 is 0 Å². The van der Waals surface area contributed by atoms with E-state index in [0.717, 1.165) is 0 Å². The minimum atomic E-state index is -1.57. The fourth-order valence-electron chi connectivity index (χ4n) is 0.729. The second-order valence-electron chi connectivity index (χ2n) is 1.96. The Bertz CT molecular complexity index is 126. The fraction of sp³-hybridized carbons (Fsp3) is 0.500. The lowest BCUT2D eigenvalue weighted by molar-refractivity contribution is 0.211. The Kier molecular flexibility index (Phi) is 1.14. The van der Waals surface area contributed by atoms with Crippen LogP contribution in [0.5, 0.6) is 0 Å². The Morgan fingerprint density at radius 3 is 1.88 bits per heavy atom. The van der Waals surface area contributed by atoms with Crippen molar-refractivity contribution in [2.24, 2.45) is 0 Å². The van der Waals surface area contributed by atoms with Crippen molar-refractivity contribution in [2.75, 3.05) is 7.05 Å². The van der Waals surface area contributed by atoms with E-state index in [0.29, 0.717) is 0 Å². The first-order valence-electron chi connectivity index (χ1n) is 2.46. The Morgan fingerprint density at radius 1 is 1.38 bits per heavy atom. The van der Waals surface area contributed by atoms with Crippen molar-refractivity contribution in [3.63, 3.8) is 0 Å². The molecule has 8 heavy (non-hydrogen) atoms. The molecule has 0 saturated carbocycles. The summed E-state index contributed by atoms with van der Waals surface area (Å²) in [6.45, 7) is 0. The van der Waals surface area contributed by atoms with Gasteiger partial charge in [0, 0.05) is 7.05 Å². The molecule has 1 heterocycles. The molecule has 1 saturated heterocycles. The molecule has 2 amide bonds. The third-order valence-electron chi connectivity index (χ3n) is 1.40. The molecule has 0 unspecified atom stereocenters. The van der Waals surface area contributed by atoms with Gasteiger partial charge < -0.3 is 4.90 Å². The van der Waals surface area contributed by atoms with Crippen LogP contribution in [0.3, 0.4) is 0 Å². The zero-order valence-corrected chi connectivity index (χ0v) is 6.00. The number of hydrogen-bond donors (Lipinski definition) is 0. The van der Waals surface area contributed by atoms with Gasteiger partial charge in [0.1, 0.15) is 9.54 Å². The normalized spacial score (nSPS) is 19.2. The molecule has 0 aliphatic carbocycles. The van der Waals surface area contributed by atoms with Crippen LogP contribution >= 0.6 is 0 Å². The van der Waals surface area contributed by atoms with E-state index in [4.69, 9.17) is 0 Å². The van der Waals surface area contributed by atoms with Crippen LogP contribution in [0.15, 0.2) is 0 Å². The van der Waals surface area contributed by atoms with Crippen LogP contribution in [-0.2, 0) is 0 Å². The van der Waals surface area contributed by atoms with Gasteiger partial charge in [0.2, 0.25) is 0 Å². The van der Waals surface area contributed by atoms with Crippen LogP contribution in [0.4, 0.5) is 9.59 Å². The zero-order valence-electron chi connectivity index (χ0n) is 4.84. The van der Waals surface area contributed by atoms with Crippen LogP contribution in [0, 0.1) is 0 Å². The van der Waals surface area contributed by atoms with Crippen molar-refractivity contribution in [1.82, 2.24) is 4.90 Å². The standard InChI is InChI=1S/C3H3NO2.CH3.Al/c1-4(2-5)3-6;;/h1H3;1H3;. The van der Waals surface area contributed by atoms with Crippen molar-refractivity contribution < 1.29 is 9.59 Å². The number of nitrogens with zero attached hydrogens (tertiary/aromatic N) is 1. The maximum absolute atomic E-state index is 10.5. The van der Waals surface area contributed by atoms with E-state index in [2.05, 4.69) is 0 Å². The first-order valence-corrected chi connectivity index (χ1v) is 4.77. The van der Waals surface area contributed by atoms with E-state index in [1.54, 1.807) is 5.79 Å². The van der Waals surface area contributed by atoms with Crippen LogP contribution in [-0.4, -0.2) is 35.6 Å². The number of imide groups is 1. The summed E-state index contributed by atoms with van der Waals surface area (Å²) in [5.41, 5.74) is 0. The van der Waals surface area contributed by atoms with Gasteiger partial charge in [-0.3, -0.25) is 9.59 Å². The highest BCUT2D eigenvalue weighted by molar-refractivity contribution is 7.16. The van der Waals surface area contributed by atoms with Crippen molar-refractivity contribution in [2.45, 2.75) is 5.79 Å². The molecule has 0 aromatic heterocycles. The molecule has 1 rings (SSSR count). The topological polar surface area (TPSA) is 37.4 Å². The van der Waals surface area contributed by atoms with Crippen molar-refractivity contribution in [1.29, 1.82) is 0 Å². The first kappa shape index (κ1) is 5.80. The number of amides is 2. The number of carbonyl (C=O) groups excluding carboxylic acids is 2. The van der Waals surface area contributed by atoms with Crippen molar-refractivity contribution in [3.05, 3.63) is 0 Å². The van der Waals surface area contributed by atoms with E-state index < -0.39 is 14.1 Å². The second kappa shape index (κ2) is 1.58. The van der Waals surface area contributed by atoms with Crippen molar-refractivity contribution in [3.8, 4) is 0 Å². The molecule has 42 valence electrons. The van der Waals surface area contributed by atoms with Gasteiger partial charge in [-0.2, -0.15) is 0 Å². The number of hydrogen-bond acceptors (Lipinski definition) is 2. The molecule has 1 aliphatic heterocycles. The summed E-state index contributed by atoms with van der Waals surface area (Å²) in [6, 6.07) is 0. The van der Waals surface area contributed by atoms with E-state index in [9.17, 15) is 9.59 Å². The second-order valence-corrected chi connectivity index (χ2v) is 4.39. The third kappa shape index (κ3) is 0.504. The van der Waals surface area contributed by atoms with E-state index in [1.807, 2.05) is 0 Å². The van der Waals surface area contributed by atoms with Crippen LogP contribution in [0.2, 0.25) is 5.79 Å². The summed E-state index contributed by atoms with van der Waals surface area (Å²) in [4.78, 5) is 22.3. The maximum Gasteiger partial charge on any atom is 0.528 e. The van der Waals surface area contributed by atoms with Gasteiger partial charge in [0.05, 0.1) is 0 Å². The highest BCUT2D eigenvalue weighted by Gasteiger charge is 2.47. The molecular weight excluding hydrogens is 121 g/mol. The number of rotatable bonds is 0. The smallest absolute Gasteiger partial charge is 0.317 e. The summed E-state index contributed by atoms with van der Waals surface area (Å²) in [5.74, 6) is 1.75. The largest absolute Gasteiger partial charge is 0.528 e. The third-order valence-corrected chi connectivity index (χ3v) is 3.66. The SMILES string of the molecule is CN1[C](=O)[Al]([CH3])[C]1=O. The molecule has 3 nitrogen and oxygen atoms in total. The summed E-state index contributed by atoms with van der Waals surface area (Å²) < 4.78 is 0.130. The lowest BCUT2D eigenvalue weighted by atomic mass is 10.9. The Morgan fingerprint density at radius 2 is 1.75 bits per heavy atom. The van der Waals surface area contributed by atoms with Crippen LogP contribution in [0.1, 0.15) is 0 Å². The quantitative estimate of drug-likeness (QED) is 0.443. The molecule has 0 aromatic rings. The molecule has 4 heteroatoms. The Hall–Kier alpha value is -0.328. The lowest BCUT2D eigenvalue weighted by Gasteiger charge is -2.27. The Balaban J connectivity index is 2.68. The fourth-order valence-corrected chi connectivity index (χ4v) is 2.15. The molecule has 0 radical (unpaired) electrons. The van der Waals surface area contributed by atoms with E-state index >= 15 is 0 Å².